The fraction of sp³-hybridized carbons (Fsp3) is 0.0833. The fourth-order valence-corrected chi connectivity index (χ4v) is 4.25. The van der Waals surface area contributed by atoms with E-state index in [4.69, 9.17) is 21.1 Å². The van der Waals surface area contributed by atoms with Crippen molar-refractivity contribution in [2.75, 3.05) is 12.0 Å². The summed E-state index contributed by atoms with van der Waals surface area (Å²) in [5, 5.41) is 10.8. The molecule has 0 spiro atoms. The molecule has 3 aromatic carbocycles. The number of thioether (sulfide) groups is 1. The number of ether oxygens (including phenoxy) is 2. The molecule has 0 radical (unpaired) electrons. The molecule has 0 atom stereocenters. The number of hydrogen-bond donors (Lipinski definition) is 0. The minimum Gasteiger partial charge on any atom is -0.493 e. The van der Waals surface area contributed by atoms with E-state index >= 15 is 0 Å². The smallest absolute Gasteiger partial charge is 0.298 e. The maximum atomic E-state index is 12.9. The third kappa shape index (κ3) is 5.05. The van der Waals surface area contributed by atoms with Gasteiger partial charge in [-0.1, -0.05) is 23.7 Å². The first kappa shape index (κ1) is 23.3. The van der Waals surface area contributed by atoms with E-state index in [-0.39, 0.29) is 17.2 Å². The van der Waals surface area contributed by atoms with Crippen molar-refractivity contribution in [2.45, 2.75) is 6.61 Å². The topological polar surface area (TPSA) is 99.0 Å². The van der Waals surface area contributed by atoms with Gasteiger partial charge in [0, 0.05) is 17.2 Å². The third-order valence-corrected chi connectivity index (χ3v) is 5.99. The number of benzene rings is 3. The second-order valence-corrected chi connectivity index (χ2v) is 8.55. The number of methoxy groups -OCH3 is 1. The summed E-state index contributed by atoms with van der Waals surface area (Å²) < 4.78 is 11.2. The van der Waals surface area contributed by atoms with Crippen LogP contribution in [-0.4, -0.2) is 23.2 Å². The summed E-state index contributed by atoms with van der Waals surface area (Å²) in [7, 11) is 1.49. The minimum atomic E-state index is -0.462. The number of carbonyl (C=O) groups excluding carboxylic acids is 2. The van der Waals surface area contributed by atoms with Crippen LogP contribution in [-0.2, 0) is 11.4 Å². The second-order valence-electron chi connectivity index (χ2n) is 7.12. The Morgan fingerprint density at radius 1 is 1.06 bits per heavy atom. The second kappa shape index (κ2) is 9.98. The van der Waals surface area contributed by atoms with Crippen LogP contribution in [0.1, 0.15) is 11.1 Å². The summed E-state index contributed by atoms with van der Waals surface area (Å²) in [6.45, 7) is 0.187. The molecule has 0 aliphatic carbocycles. The number of nitro groups is 1. The molecule has 1 aliphatic rings. The number of hydrogen-bond acceptors (Lipinski definition) is 7. The fourth-order valence-electron chi connectivity index (χ4n) is 3.23. The summed E-state index contributed by atoms with van der Waals surface area (Å²) in [4.78, 5) is 37.0. The van der Waals surface area contributed by atoms with Gasteiger partial charge in [0.05, 0.1) is 22.6 Å². The van der Waals surface area contributed by atoms with Crippen LogP contribution in [0.5, 0.6) is 11.5 Å². The molecular weight excluding hydrogens is 480 g/mol. The molecule has 0 N–H and O–H groups in total. The SMILES string of the molecule is COc1cc(/C=C2/SC(=O)N(c3cccc(Cl)c3)C2=O)ccc1OCc1ccc([N+](=O)[O-])cc1. The molecule has 1 heterocycles. The number of halogens is 1. The van der Waals surface area contributed by atoms with E-state index in [0.29, 0.717) is 27.8 Å². The normalized spacial score (nSPS) is 14.5. The Hall–Kier alpha value is -3.82. The highest BCUT2D eigenvalue weighted by Gasteiger charge is 2.36. The number of amides is 2. The lowest BCUT2D eigenvalue weighted by atomic mass is 10.1. The van der Waals surface area contributed by atoms with E-state index < -0.39 is 16.1 Å². The van der Waals surface area contributed by atoms with Gasteiger partial charge in [-0.25, -0.2) is 4.90 Å². The minimum absolute atomic E-state index is 0.00506. The molecule has 172 valence electrons. The van der Waals surface area contributed by atoms with E-state index in [1.165, 1.54) is 19.2 Å². The molecular formula is C24H17ClN2O6S. The first-order chi connectivity index (χ1) is 16.4. The lowest BCUT2D eigenvalue weighted by Crippen LogP contribution is -2.27. The predicted octanol–water partition coefficient (Wildman–Crippen LogP) is 6.08. The van der Waals surface area contributed by atoms with Gasteiger partial charge < -0.3 is 9.47 Å². The van der Waals surface area contributed by atoms with Crippen molar-refractivity contribution in [1.29, 1.82) is 0 Å². The lowest BCUT2D eigenvalue weighted by molar-refractivity contribution is -0.384. The van der Waals surface area contributed by atoms with Gasteiger partial charge in [0.2, 0.25) is 0 Å². The molecule has 1 saturated heterocycles. The van der Waals surface area contributed by atoms with Gasteiger partial charge in [0.1, 0.15) is 6.61 Å². The van der Waals surface area contributed by atoms with Crippen LogP contribution < -0.4 is 14.4 Å². The number of nitrogens with zero attached hydrogens (tertiary/aromatic N) is 2. The van der Waals surface area contributed by atoms with Gasteiger partial charge in [0.25, 0.3) is 16.8 Å². The van der Waals surface area contributed by atoms with Crippen molar-refractivity contribution in [3.05, 3.63) is 97.9 Å². The molecule has 1 fully saturated rings. The highest BCUT2D eigenvalue weighted by molar-refractivity contribution is 8.19. The Kier molecular flexibility index (Phi) is 6.85. The van der Waals surface area contributed by atoms with E-state index in [1.807, 2.05) is 0 Å². The monoisotopic (exact) mass is 496 g/mol. The van der Waals surface area contributed by atoms with E-state index in [9.17, 15) is 19.7 Å². The van der Waals surface area contributed by atoms with Gasteiger partial charge in [0.15, 0.2) is 11.5 Å². The summed E-state index contributed by atoms with van der Waals surface area (Å²) in [6.07, 6.45) is 1.61. The molecule has 34 heavy (non-hydrogen) atoms. The average Bonchev–Trinajstić information content (AvgIpc) is 3.10. The number of non-ortho nitro benzene ring substituents is 1. The number of rotatable bonds is 7. The Labute approximate surface area is 203 Å². The molecule has 0 bridgehead atoms. The first-order valence-corrected chi connectivity index (χ1v) is 11.1. The van der Waals surface area contributed by atoms with Crippen molar-refractivity contribution in [2.24, 2.45) is 0 Å². The van der Waals surface area contributed by atoms with Crippen LogP contribution in [0, 0.1) is 10.1 Å². The number of carbonyl (C=O) groups is 2. The molecule has 0 aromatic heterocycles. The highest BCUT2D eigenvalue weighted by atomic mass is 35.5. The third-order valence-electron chi connectivity index (χ3n) is 4.89. The predicted molar refractivity (Wildman–Crippen MR) is 130 cm³/mol. The molecule has 8 nitrogen and oxygen atoms in total. The van der Waals surface area contributed by atoms with E-state index in [2.05, 4.69) is 0 Å². The molecule has 10 heteroatoms. The van der Waals surface area contributed by atoms with Crippen molar-refractivity contribution in [3.63, 3.8) is 0 Å². The van der Waals surface area contributed by atoms with Gasteiger partial charge >= 0.3 is 0 Å². The Balaban J connectivity index is 1.50. The molecule has 4 rings (SSSR count). The first-order valence-electron chi connectivity index (χ1n) is 9.93. The quantitative estimate of drug-likeness (QED) is 0.222. The van der Waals surface area contributed by atoms with Crippen molar-refractivity contribution >= 4 is 52.0 Å². The highest BCUT2D eigenvalue weighted by Crippen LogP contribution is 2.37. The molecule has 1 aliphatic heterocycles. The van der Waals surface area contributed by atoms with Gasteiger partial charge in [-0.15, -0.1) is 0 Å². The van der Waals surface area contributed by atoms with Crippen LogP contribution in [0.4, 0.5) is 16.2 Å². The average molecular weight is 497 g/mol. The lowest BCUT2D eigenvalue weighted by Gasteiger charge is -2.12. The summed E-state index contributed by atoms with van der Waals surface area (Å²) in [5.74, 6) is 0.462. The Bertz CT molecular complexity index is 1310. The maximum absolute atomic E-state index is 12.9. The van der Waals surface area contributed by atoms with Gasteiger partial charge in [-0.2, -0.15) is 0 Å². The number of imide groups is 1. The Morgan fingerprint density at radius 3 is 2.50 bits per heavy atom. The molecule has 0 unspecified atom stereocenters. The van der Waals surface area contributed by atoms with Gasteiger partial charge in [-0.05, 0) is 71.4 Å². The van der Waals surface area contributed by atoms with Gasteiger partial charge in [-0.3, -0.25) is 19.7 Å². The van der Waals surface area contributed by atoms with Crippen LogP contribution in [0.15, 0.2) is 71.6 Å². The summed E-state index contributed by atoms with van der Waals surface area (Å²) >= 11 is 6.83. The van der Waals surface area contributed by atoms with E-state index in [0.717, 1.165) is 22.2 Å². The zero-order valence-corrected chi connectivity index (χ0v) is 19.3. The van der Waals surface area contributed by atoms with Crippen LogP contribution in [0.2, 0.25) is 5.02 Å². The number of nitro benzene ring substituents is 1. The van der Waals surface area contributed by atoms with Crippen LogP contribution in [0.3, 0.4) is 0 Å². The maximum Gasteiger partial charge on any atom is 0.298 e. The number of anilines is 1. The van der Waals surface area contributed by atoms with E-state index in [1.54, 1.807) is 60.7 Å². The van der Waals surface area contributed by atoms with Crippen molar-refractivity contribution in [1.82, 2.24) is 0 Å². The Morgan fingerprint density at radius 2 is 1.82 bits per heavy atom. The van der Waals surface area contributed by atoms with Crippen LogP contribution in [0.25, 0.3) is 6.08 Å². The molecule has 2 amide bonds. The van der Waals surface area contributed by atoms with Crippen molar-refractivity contribution < 1.29 is 24.0 Å². The summed E-state index contributed by atoms with van der Waals surface area (Å²) in [5.41, 5.74) is 1.82. The van der Waals surface area contributed by atoms with Crippen molar-refractivity contribution in [3.8, 4) is 11.5 Å². The van der Waals surface area contributed by atoms with Crippen LogP contribution >= 0.6 is 23.4 Å². The standard InChI is InChI=1S/C24H17ClN2O6S/c1-32-21-11-16(7-10-20(21)33-14-15-5-8-18(9-6-15)27(30)31)12-22-23(28)26(24(29)34-22)19-4-2-3-17(25)13-19/h2-13H,14H2,1H3/b22-12+. The zero-order valence-electron chi connectivity index (χ0n) is 17.8. The molecule has 3 aromatic rings. The summed E-state index contributed by atoms with van der Waals surface area (Å²) in [6, 6.07) is 17.7. The zero-order chi connectivity index (χ0) is 24.2. The largest absolute Gasteiger partial charge is 0.493 e. The molecule has 0 saturated carbocycles.